The Balaban J connectivity index is 1.90. The smallest absolute Gasteiger partial charge is 0.293 e. The number of hydrogen-bond acceptors (Lipinski definition) is 5. The highest BCUT2D eigenvalue weighted by molar-refractivity contribution is 7.14. The Labute approximate surface area is 119 Å². The second-order valence-electron chi connectivity index (χ2n) is 3.84. The molecule has 0 aliphatic heterocycles. The lowest BCUT2D eigenvalue weighted by molar-refractivity contribution is -0.120. The van der Waals surface area contributed by atoms with E-state index in [1.54, 1.807) is 23.6 Å². The number of nitrogens with one attached hydrogen (secondary N) is 2. The van der Waals surface area contributed by atoms with Crippen molar-refractivity contribution in [2.24, 2.45) is 0 Å². The van der Waals surface area contributed by atoms with Crippen LogP contribution in [0.5, 0.6) is 0 Å². The molecule has 0 aromatic carbocycles. The van der Waals surface area contributed by atoms with E-state index in [-0.39, 0.29) is 24.0 Å². The van der Waals surface area contributed by atoms with E-state index in [0.29, 0.717) is 17.4 Å². The molecule has 2 aromatic rings. The zero-order chi connectivity index (χ0) is 14.4. The molecule has 2 heterocycles. The second-order valence-corrected chi connectivity index (χ2v) is 4.70. The highest BCUT2D eigenvalue weighted by atomic mass is 32.1. The molecule has 0 spiro atoms. The minimum atomic E-state index is -0.369. The van der Waals surface area contributed by atoms with Crippen molar-refractivity contribution < 1.29 is 14.0 Å². The molecule has 0 radical (unpaired) electrons. The van der Waals surface area contributed by atoms with Crippen molar-refractivity contribution in [3.8, 4) is 0 Å². The molecule has 2 amide bonds. The van der Waals surface area contributed by atoms with E-state index < -0.39 is 0 Å². The van der Waals surface area contributed by atoms with E-state index in [0.717, 1.165) is 0 Å². The van der Waals surface area contributed by atoms with E-state index >= 15 is 0 Å². The Morgan fingerprint density at radius 2 is 2.35 bits per heavy atom. The quantitative estimate of drug-likeness (QED) is 0.795. The number of furan rings is 1. The zero-order valence-corrected chi connectivity index (χ0v) is 11.4. The predicted molar refractivity (Wildman–Crippen MR) is 75.7 cm³/mol. The largest absolute Gasteiger partial charge is 0.459 e. The number of thiazole rings is 1. The Morgan fingerprint density at radius 3 is 3.05 bits per heavy atom. The van der Waals surface area contributed by atoms with Crippen LogP contribution in [0.25, 0.3) is 0 Å². The molecule has 104 valence electrons. The molecule has 0 fully saturated rings. The first-order valence-corrected chi connectivity index (χ1v) is 6.74. The molecule has 20 heavy (non-hydrogen) atoms. The van der Waals surface area contributed by atoms with E-state index in [4.69, 9.17) is 4.42 Å². The van der Waals surface area contributed by atoms with Crippen molar-refractivity contribution in [2.75, 3.05) is 11.9 Å². The fraction of sp³-hybridized carbons (Fsp3) is 0.154. The van der Waals surface area contributed by atoms with Crippen LogP contribution in [-0.4, -0.2) is 23.3 Å². The van der Waals surface area contributed by atoms with Gasteiger partial charge in [0.2, 0.25) is 5.91 Å². The van der Waals surface area contributed by atoms with Gasteiger partial charge in [-0.2, -0.15) is 0 Å². The van der Waals surface area contributed by atoms with Gasteiger partial charge in [0.15, 0.2) is 10.9 Å². The topological polar surface area (TPSA) is 84.2 Å². The van der Waals surface area contributed by atoms with Gasteiger partial charge in [0, 0.05) is 11.9 Å². The summed E-state index contributed by atoms with van der Waals surface area (Å²) in [6, 6.07) is 3.19. The highest BCUT2D eigenvalue weighted by Crippen LogP contribution is 2.17. The van der Waals surface area contributed by atoms with Crippen LogP contribution in [0.1, 0.15) is 16.2 Å². The Hall–Kier alpha value is -2.41. The zero-order valence-electron chi connectivity index (χ0n) is 10.6. The molecule has 0 atom stereocenters. The van der Waals surface area contributed by atoms with Gasteiger partial charge in [-0.3, -0.25) is 14.9 Å². The molecule has 2 rings (SSSR count). The summed E-state index contributed by atoms with van der Waals surface area (Å²) in [5, 5.41) is 7.42. The van der Waals surface area contributed by atoms with Crippen molar-refractivity contribution in [2.45, 2.75) is 6.42 Å². The van der Waals surface area contributed by atoms with Crippen LogP contribution in [-0.2, 0) is 11.2 Å². The second kappa shape index (κ2) is 6.67. The Bertz CT molecular complexity index is 604. The third kappa shape index (κ3) is 3.79. The maximum absolute atomic E-state index is 11.7. The lowest BCUT2D eigenvalue weighted by Gasteiger charge is -1.99. The molecule has 0 saturated heterocycles. The highest BCUT2D eigenvalue weighted by Gasteiger charge is 2.12. The molecule has 7 heteroatoms. The van der Waals surface area contributed by atoms with Crippen LogP contribution in [0, 0.1) is 0 Å². The first-order chi connectivity index (χ1) is 9.69. The molecule has 6 nitrogen and oxygen atoms in total. The number of anilines is 1. The molecule has 0 aliphatic rings. The molecule has 2 N–H and O–H groups in total. The summed E-state index contributed by atoms with van der Waals surface area (Å²) in [5.74, 6) is -0.295. The summed E-state index contributed by atoms with van der Waals surface area (Å²) in [7, 11) is 0. The Kier molecular flexibility index (Phi) is 4.67. The van der Waals surface area contributed by atoms with Gasteiger partial charge in [-0.1, -0.05) is 6.08 Å². The standard InChI is InChI=1S/C13H13N3O3S/c1-2-5-14-11(17)7-9-8-20-13(15-9)16-12(18)10-4-3-6-19-10/h2-4,6,8H,1,5,7H2,(H,14,17)(H,15,16,18). The fourth-order valence-corrected chi connectivity index (χ4v) is 2.13. The normalized spacial score (nSPS) is 10.0. The van der Waals surface area contributed by atoms with Gasteiger partial charge in [-0.25, -0.2) is 4.98 Å². The van der Waals surface area contributed by atoms with Gasteiger partial charge < -0.3 is 9.73 Å². The predicted octanol–water partition coefficient (Wildman–Crippen LogP) is 1.83. The summed E-state index contributed by atoms with van der Waals surface area (Å²) in [6.45, 7) is 3.94. The number of aromatic nitrogens is 1. The Morgan fingerprint density at radius 1 is 1.50 bits per heavy atom. The van der Waals surface area contributed by atoms with Crippen LogP contribution in [0.15, 0.2) is 40.8 Å². The van der Waals surface area contributed by atoms with Crippen LogP contribution in [0.3, 0.4) is 0 Å². The van der Waals surface area contributed by atoms with E-state index in [9.17, 15) is 9.59 Å². The SMILES string of the molecule is C=CCNC(=O)Cc1csc(NC(=O)c2ccco2)n1. The number of nitrogens with zero attached hydrogens (tertiary/aromatic N) is 1. The molecule has 2 aromatic heterocycles. The third-order valence-electron chi connectivity index (χ3n) is 2.30. The maximum Gasteiger partial charge on any atom is 0.293 e. The molecule has 0 aliphatic carbocycles. The number of carbonyl (C=O) groups is 2. The minimum absolute atomic E-state index is 0.140. The molecule has 0 unspecified atom stereocenters. The molecular weight excluding hydrogens is 278 g/mol. The number of rotatable bonds is 6. The summed E-state index contributed by atoms with van der Waals surface area (Å²) in [5.41, 5.74) is 0.603. The maximum atomic E-state index is 11.7. The third-order valence-corrected chi connectivity index (χ3v) is 3.11. The lowest BCUT2D eigenvalue weighted by atomic mass is 10.3. The summed E-state index contributed by atoms with van der Waals surface area (Å²) in [6.07, 6.45) is 3.20. The summed E-state index contributed by atoms with van der Waals surface area (Å²) < 4.78 is 4.97. The van der Waals surface area contributed by atoms with Crippen molar-refractivity contribution in [1.29, 1.82) is 0 Å². The number of carbonyl (C=O) groups excluding carboxylic acids is 2. The van der Waals surface area contributed by atoms with E-state index in [1.165, 1.54) is 17.6 Å². The van der Waals surface area contributed by atoms with Crippen LogP contribution >= 0.6 is 11.3 Å². The molecular formula is C13H13N3O3S. The monoisotopic (exact) mass is 291 g/mol. The van der Waals surface area contributed by atoms with Crippen molar-refractivity contribution in [1.82, 2.24) is 10.3 Å². The summed E-state index contributed by atoms with van der Waals surface area (Å²) in [4.78, 5) is 27.4. The van der Waals surface area contributed by atoms with Crippen molar-refractivity contribution in [3.63, 3.8) is 0 Å². The average molecular weight is 291 g/mol. The van der Waals surface area contributed by atoms with Gasteiger partial charge >= 0.3 is 0 Å². The first-order valence-electron chi connectivity index (χ1n) is 5.86. The lowest BCUT2D eigenvalue weighted by Crippen LogP contribution is -2.25. The van der Waals surface area contributed by atoms with Crippen molar-refractivity contribution >= 4 is 28.3 Å². The minimum Gasteiger partial charge on any atom is -0.459 e. The molecule has 0 saturated carbocycles. The van der Waals surface area contributed by atoms with Crippen LogP contribution in [0.4, 0.5) is 5.13 Å². The van der Waals surface area contributed by atoms with Crippen LogP contribution < -0.4 is 10.6 Å². The van der Waals surface area contributed by atoms with Crippen molar-refractivity contribution in [3.05, 3.63) is 47.9 Å². The van der Waals surface area contributed by atoms with E-state index in [2.05, 4.69) is 22.2 Å². The van der Waals surface area contributed by atoms with Gasteiger partial charge in [-0.15, -0.1) is 17.9 Å². The van der Waals surface area contributed by atoms with Gasteiger partial charge in [0.1, 0.15) is 0 Å². The fourth-order valence-electron chi connectivity index (χ4n) is 1.43. The first kappa shape index (κ1) is 14.0. The number of amides is 2. The van der Waals surface area contributed by atoms with Gasteiger partial charge in [-0.05, 0) is 12.1 Å². The van der Waals surface area contributed by atoms with E-state index in [1.807, 2.05) is 0 Å². The number of hydrogen-bond donors (Lipinski definition) is 2. The summed E-state index contributed by atoms with van der Waals surface area (Å²) >= 11 is 1.26. The molecule has 0 bridgehead atoms. The van der Waals surface area contributed by atoms with Gasteiger partial charge in [0.05, 0.1) is 18.4 Å². The van der Waals surface area contributed by atoms with Gasteiger partial charge in [0.25, 0.3) is 5.91 Å². The average Bonchev–Trinajstić information content (AvgIpc) is 3.08. The van der Waals surface area contributed by atoms with Crippen LogP contribution in [0.2, 0.25) is 0 Å².